The number of nitrogens with one attached hydrogen (secondary N) is 2. The van der Waals surface area contributed by atoms with Crippen molar-refractivity contribution >= 4 is 11.2 Å². The third-order valence-corrected chi connectivity index (χ3v) is 1.93. The van der Waals surface area contributed by atoms with Gasteiger partial charge in [0.05, 0.1) is 12.7 Å². The molecule has 0 saturated heterocycles. The first-order chi connectivity index (χ1) is 6.33. The highest BCUT2D eigenvalue weighted by atomic mass is 15.1. The maximum absolute atomic E-state index is 7.81. The van der Waals surface area contributed by atoms with Gasteiger partial charge >= 0.3 is 0 Å². The molecule has 0 unspecified atom stereocenters. The van der Waals surface area contributed by atoms with Crippen molar-refractivity contribution in [3.8, 4) is 0 Å². The average Bonchev–Trinajstić information content (AvgIpc) is 2.58. The van der Waals surface area contributed by atoms with E-state index in [0.717, 1.165) is 13.0 Å². The molecule has 13 heavy (non-hydrogen) atoms. The maximum atomic E-state index is 7.81. The monoisotopic (exact) mass is 177 g/mol. The largest absolute Gasteiger partial charge is 0.340 e. The Morgan fingerprint density at radius 1 is 1.54 bits per heavy atom. The summed E-state index contributed by atoms with van der Waals surface area (Å²) in [7, 11) is 0. The second kappa shape index (κ2) is 3.01. The van der Waals surface area contributed by atoms with E-state index >= 15 is 0 Å². The molecule has 2 heterocycles. The smallest absolute Gasteiger partial charge is 0.182 e. The van der Waals surface area contributed by atoms with Crippen LogP contribution in [0.15, 0.2) is 12.7 Å². The van der Waals surface area contributed by atoms with Gasteiger partial charge in [0.2, 0.25) is 0 Å². The molecule has 0 saturated carbocycles. The topological polar surface area (TPSA) is 70.3 Å². The van der Waals surface area contributed by atoms with Crippen molar-refractivity contribution in [2.45, 2.75) is 19.9 Å². The minimum absolute atomic E-state index is 0.448. The van der Waals surface area contributed by atoms with Crippen molar-refractivity contribution in [3.63, 3.8) is 0 Å². The molecule has 0 aliphatic rings. The fraction of sp³-hybridized carbons (Fsp3) is 0.375. The second-order valence-electron chi connectivity index (χ2n) is 2.89. The number of aryl methyl sites for hydroxylation is 1. The van der Waals surface area contributed by atoms with Crippen LogP contribution < -0.4 is 5.49 Å². The van der Waals surface area contributed by atoms with Crippen molar-refractivity contribution in [2.24, 2.45) is 0 Å². The number of imidazole rings is 1. The normalized spacial score (nSPS) is 10.8. The van der Waals surface area contributed by atoms with E-state index in [1.54, 1.807) is 17.2 Å². The number of hydrogen-bond donors (Lipinski definition) is 2. The maximum Gasteiger partial charge on any atom is 0.182 e. The van der Waals surface area contributed by atoms with Crippen LogP contribution in [0, 0.1) is 5.41 Å². The molecule has 0 fully saturated rings. The van der Waals surface area contributed by atoms with Gasteiger partial charge in [-0.05, 0) is 6.42 Å². The third-order valence-electron chi connectivity index (χ3n) is 1.93. The number of aromatic nitrogens is 4. The molecule has 0 amide bonds. The summed E-state index contributed by atoms with van der Waals surface area (Å²) in [5.41, 5.74) is 1.76. The van der Waals surface area contributed by atoms with Gasteiger partial charge in [-0.2, -0.15) is 0 Å². The van der Waals surface area contributed by atoms with Gasteiger partial charge in [-0.1, -0.05) is 6.92 Å². The molecule has 0 aliphatic heterocycles. The first kappa shape index (κ1) is 7.97. The Hall–Kier alpha value is -1.65. The molecule has 2 rings (SSSR count). The van der Waals surface area contributed by atoms with E-state index in [9.17, 15) is 0 Å². The molecule has 2 N–H and O–H groups in total. The Bertz CT molecular complexity index is 467. The van der Waals surface area contributed by atoms with Crippen molar-refractivity contribution in [2.75, 3.05) is 0 Å². The number of hydrogen-bond acceptors (Lipinski definition) is 3. The highest BCUT2D eigenvalue weighted by molar-refractivity contribution is 5.67. The predicted molar refractivity (Wildman–Crippen MR) is 48.0 cm³/mol. The van der Waals surface area contributed by atoms with Gasteiger partial charge in [0.1, 0.15) is 5.52 Å². The molecule has 5 nitrogen and oxygen atoms in total. The van der Waals surface area contributed by atoms with Gasteiger partial charge < -0.3 is 9.55 Å². The molecular weight excluding hydrogens is 166 g/mol. The van der Waals surface area contributed by atoms with Crippen LogP contribution in [0.1, 0.15) is 13.3 Å². The van der Waals surface area contributed by atoms with Crippen LogP contribution in [0.3, 0.4) is 0 Å². The standard InChI is InChI=1S/C8H11N5/c1-2-3-13-5-12-8-6(7(13)9)10-4-11-8/h4-5,9H,2-3H2,1H3,(H,10,11). The van der Waals surface area contributed by atoms with Gasteiger partial charge in [-0.25, -0.2) is 9.97 Å². The summed E-state index contributed by atoms with van der Waals surface area (Å²) in [5.74, 6) is 0. The molecule has 2 aromatic heterocycles. The number of aromatic amines is 1. The van der Waals surface area contributed by atoms with Gasteiger partial charge in [-0.3, -0.25) is 5.41 Å². The van der Waals surface area contributed by atoms with Gasteiger partial charge in [0, 0.05) is 6.54 Å². The molecule has 0 bridgehead atoms. The zero-order chi connectivity index (χ0) is 9.26. The molecule has 0 radical (unpaired) electrons. The Balaban J connectivity index is 2.67. The van der Waals surface area contributed by atoms with E-state index in [1.165, 1.54) is 0 Å². The van der Waals surface area contributed by atoms with Crippen LogP contribution in [-0.4, -0.2) is 19.5 Å². The zero-order valence-electron chi connectivity index (χ0n) is 7.41. The fourth-order valence-corrected chi connectivity index (χ4v) is 1.30. The lowest BCUT2D eigenvalue weighted by atomic mass is 10.4. The molecule has 68 valence electrons. The SMILES string of the molecule is CCCn1cnc2nc[nH]c2c1=N. The van der Waals surface area contributed by atoms with Crippen LogP contribution in [0.4, 0.5) is 0 Å². The summed E-state index contributed by atoms with van der Waals surface area (Å²) in [6.07, 6.45) is 4.22. The number of rotatable bonds is 2. The van der Waals surface area contributed by atoms with Crippen molar-refractivity contribution < 1.29 is 0 Å². The summed E-state index contributed by atoms with van der Waals surface area (Å²) in [6.45, 7) is 2.89. The summed E-state index contributed by atoms with van der Waals surface area (Å²) < 4.78 is 1.81. The highest BCUT2D eigenvalue weighted by Crippen LogP contribution is 1.97. The number of nitrogens with zero attached hydrogens (tertiary/aromatic N) is 3. The lowest BCUT2D eigenvalue weighted by Crippen LogP contribution is -2.20. The minimum Gasteiger partial charge on any atom is -0.340 e. The first-order valence-electron chi connectivity index (χ1n) is 4.26. The van der Waals surface area contributed by atoms with E-state index < -0.39 is 0 Å². The molecular formula is C8H11N5. The molecule has 0 aliphatic carbocycles. The number of fused-ring (bicyclic) bond motifs is 1. The summed E-state index contributed by atoms with van der Waals surface area (Å²) in [4.78, 5) is 11.0. The van der Waals surface area contributed by atoms with Crippen LogP contribution in [0.25, 0.3) is 11.2 Å². The first-order valence-corrected chi connectivity index (χ1v) is 4.26. The molecule has 0 spiro atoms. The fourth-order valence-electron chi connectivity index (χ4n) is 1.30. The van der Waals surface area contributed by atoms with Gasteiger partial charge in [-0.15, -0.1) is 0 Å². The quantitative estimate of drug-likeness (QED) is 0.707. The Morgan fingerprint density at radius 2 is 2.38 bits per heavy atom. The Labute approximate surface area is 75.0 Å². The lowest BCUT2D eigenvalue weighted by molar-refractivity contribution is 0.631. The second-order valence-corrected chi connectivity index (χ2v) is 2.89. The zero-order valence-corrected chi connectivity index (χ0v) is 7.41. The highest BCUT2D eigenvalue weighted by Gasteiger charge is 2.01. The van der Waals surface area contributed by atoms with Crippen LogP contribution in [0.2, 0.25) is 0 Å². The van der Waals surface area contributed by atoms with Crippen molar-refractivity contribution in [1.82, 2.24) is 19.5 Å². The minimum atomic E-state index is 0.448. The summed E-state index contributed by atoms with van der Waals surface area (Å²) in [6, 6.07) is 0. The molecule has 5 heteroatoms. The van der Waals surface area contributed by atoms with Crippen molar-refractivity contribution in [3.05, 3.63) is 18.1 Å². The molecule has 0 aromatic carbocycles. The molecule has 0 atom stereocenters. The van der Waals surface area contributed by atoms with E-state index in [2.05, 4.69) is 21.9 Å². The number of H-pyrrole nitrogens is 1. The van der Waals surface area contributed by atoms with Crippen LogP contribution >= 0.6 is 0 Å². The van der Waals surface area contributed by atoms with Crippen molar-refractivity contribution in [1.29, 1.82) is 5.41 Å². The van der Waals surface area contributed by atoms with E-state index in [4.69, 9.17) is 5.41 Å². The Morgan fingerprint density at radius 3 is 3.15 bits per heavy atom. The third kappa shape index (κ3) is 1.22. The Kier molecular flexibility index (Phi) is 1.84. The van der Waals surface area contributed by atoms with Gasteiger partial charge in [0.25, 0.3) is 0 Å². The van der Waals surface area contributed by atoms with Crippen LogP contribution in [-0.2, 0) is 6.54 Å². The summed E-state index contributed by atoms with van der Waals surface area (Å²) >= 11 is 0. The molecule has 2 aromatic rings. The lowest BCUT2D eigenvalue weighted by Gasteiger charge is -2.02. The van der Waals surface area contributed by atoms with E-state index in [0.29, 0.717) is 16.7 Å². The predicted octanol–water partition coefficient (Wildman–Crippen LogP) is 0.649. The van der Waals surface area contributed by atoms with E-state index in [1.807, 2.05) is 0 Å². The van der Waals surface area contributed by atoms with Crippen LogP contribution in [0.5, 0.6) is 0 Å². The summed E-state index contributed by atoms with van der Waals surface area (Å²) in [5, 5.41) is 7.81. The van der Waals surface area contributed by atoms with E-state index in [-0.39, 0.29) is 0 Å². The van der Waals surface area contributed by atoms with Gasteiger partial charge in [0.15, 0.2) is 11.1 Å². The average molecular weight is 177 g/mol.